The first-order chi connectivity index (χ1) is 7.40. The minimum atomic E-state index is 0.279. The largest absolute Gasteiger partial charge is 0.464 e. The monoisotopic (exact) mass is 205 g/mol. The molecule has 0 radical (unpaired) electrons. The van der Waals surface area contributed by atoms with Crippen LogP contribution in [0.4, 0.5) is 0 Å². The number of rotatable bonds is 2. The molecule has 4 heteroatoms. The third-order valence-corrected chi connectivity index (χ3v) is 2.56. The minimum Gasteiger partial charge on any atom is -0.464 e. The molecule has 1 aromatic heterocycles. The van der Waals surface area contributed by atoms with E-state index in [4.69, 9.17) is 19.6 Å². The zero-order chi connectivity index (χ0) is 10.3. The summed E-state index contributed by atoms with van der Waals surface area (Å²) in [7, 11) is 0. The van der Waals surface area contributed by atoms with Gasteiger partial charge in [0.15, 0.2) is 11.5 Å². The molecule has 0 bridgehead atoms. The second kappa shape index (κ2) is 3.17. The molecule has 1 aromatic carbocycles. The smallest absolute Gasteiger partial charge is 0.231 e. The van der Waals surface area contributed by atoms with Crippen LogP contribution in [0.3, 0.4) is 0 Å². The van der Waals surface area contributed by atoms with Crippen molar-refractivity contribution in [3.63, 3.8) is 0 Å². The Kier molecular flexibility index (Phi) is 1.82. The summed E-state index contributed by atoms with van der Waals surface area (Å²) in [6, 6.07) is 3.84. The van der Waals surface area contributed by atoms with Gasteiger partial charge >= 0.3 is 0 Å². The number of hydrogen-bond acceptors (Lipinski definition) is 4. The maximum atomic E-state index is 5.55. The molecule has 0 saturated heterocycles. The molecule has 0 saturated carbocycles. The summed E-state index contributed by atoms with van der Waals surface area (Å²) in [5.74, 6) is 1.56. The van der Waals surface area contributed by atoms with Gasteiger partial charge in [0.1, 0.15) is 5.58 Å². The maximum absolute atomic E-state index is 5.55. The van der Waals surface area contributed by atoms with Gasteiger partial charge in [-0.25, -0.2) is 0 Å². The van der Waals surface area contributed by atoms with Gasteiger partial charge in [0.2, 0.25) is 6.79 Å². The number of nitrogens with two attached hydrogens (primary N) is 1. The quantitative estimate of drug-likeness (QED) is 0.810. The second-order valence-corrected chi connectivity index (χ2v) is 3.47. The van der Waals surface area contributed by atoms with Crippen LogP contribution in [0.5, 0.6) is 11.5 Å². The van der Waals surface area contributed by atoms with Crippen LogP contribution >= 0.6 is 0 Å². The molecule has 1 aliphatic heterocycles. The summed E-state index contributed by atoms with van der Waals surface area (Å²) in [4.78, 5) is 0. The third-order valence-electron chi connectivity index (χ3n) is 2.56. The molecule has 0 fully saturated rings. The Labute approximate surface area is 86.6 Å². The highest BCUT2D eigenvalue weighted by Gasteiger charge is 2.20. The van der Waals surface area contributed by atoms with Gasteiger partial charge in [0.05, 0.1) is 11.6 Å². The van der Waals surface area contributed by atoms with Crippen LogP contribution in [0, 0.1) is 0 Å². The summed E-state index contributed by atoms with van der Waals surface area (Å²) < 4.78 is 16.2. The van der Waals surface area contributed by atoms with Crippen molar-refractivity contribution in [2.75, 3.05) is 13.3 Å². The molecule has 1 aliphatic rings. The van der Waals surface area contributed by atoms with Gasteiger partial charge in [-0.05, 0) is 25.1 Å². The lowest BCUT2D eigenvalue weighted by atomic mass is 10.1. The van der Waals surface area contributed by atoms with Crippen LogP contribution in [-0.4, -0.2) is 13.3 Å². The van der Waals surface area contributed by atoms with Crippen molar-refractivity contribution in [3.05, 3.63) is 24.0 Å². The molecule has 2 aromatic rings. The third kappa shape index (κ3) is 1.18. The predicted molar refractivity (Wildman–Crippen MR) is 55.1 cm³/mol. The van der Waals surface area contributed by atoms with Crippen molar-refractivity contribution in [2.24, 2.45) is 5.73 Å². The van der Waals surface area contributed by atoms with E-state index in [1.54, 1.807) is 6.26 Å². The molecule has 0 amide bonds. The lowest BCUT2D eigenvalue weighted by molar-refractivity contribution is 0.175. The van der Waals surface area contributed by atoms with Crippen LogP contribution in [0.1, 0.15) is 5.56 Å². The average molecular weight is 205 g/mol. The number of hydrogen-bond donors (Lipinski definition) is 1. The zero-order valence-electron chi connectivity index (χ0n) is 8.16. The van der Waals surface area contributed by atoms with Crippen LogP contribution < -0.4 is 15.2 Å². The van der Waals surface area contributed by atoms with E-state index in [0.717, 1.165) is 34.5 Å². The topological polar surface area (TPSA) is 57.6 Å². The summed E-state index contributed by atoms with van der Waals surface area (Å²) in [5.41, 5.74) is 7.47. The first-order valence-corrected chi connectivity index (χ1v) is 4.89. The number of benzene rings is 1. The molecule has 0 atom stereocenters. The highest BCUT2D eigenvalue weighted by Crippen LogP contribution is 2.41. The van der Waals surface area contributed by atoms with E-state index in [1.165, 1.54) is 0 Å². The van der Waals surface area contributed by atoms with E-state index in [0.29, 0.717) is 6.54 Å². The highest BCUT2D eigenvalue weighted by atomic mass is 16.7. The van der Waals surface area contributed by atoms with Crippen molar-refractivity contribution >= 4 is 11.0 Å². The second-order valence-electron chi connectivity index (χ2n) is 3.47. The predicted octanol–water partition coefficient (Wildman–Crippen LogP) is 1.66. The number of ether oxygens (including phenoxy) is 2. The maximum Gasteiger partial charge on any atom is 0.231 e. The van der Waals surface area contributed by atoms with Crippen molar-refractivity contribution < 1.29 is 13.9 Å². The van der Waals surface area contributed by atoms with Crippen LogP contribution in [-0.2, 0) is 6.42 Å². The SMILES string of the molecule is NCCc1cc2c(c3ccoc13)OCO2. The van der Waals surface area contributed by atoms with E-state index >= 15 is 0 Å². The minimum absolute atomic E-state index is 0.279. The van der Waals surface area contributed by atoms with Gasteiger partial charge in [-0.2, -0.15) is 0 Å². The lowest BCUT2D eigenvalue weighted by Crippen LogP contribution is -2.02. The fourth-order valence-electron chi connectivity index (χ4n) is 1.91. The van der Waals surface area contributed by atoms with Crippen molar-refractivity contribution in [1.29, 1.82) is 0 Å². The Hall–Kier alpha value is -1.68. The van der Waals surface area contributed by atoms with Crippen LogP contribution in [0.15, 0.2) is 22.8 Å². The van der Waals surface area contributed by atoms with E-state index in [1.807, 2.05) is 12.1 Å². The number of furan rings is 1. The molecule has 2 N–H and O–H groups in total. The summed E-state index contributed by atoms with van der Waals surface area (Å²) in [5, 5.41) is 0.966. The van der Waals surface area contributed by atoms with Gasteiger partial charge in [-0.1, -0.05) is 0 Å². The fourth-order valence-corrected chi connectivity index (χ4v) is 1.91. The Bertz CT molecular complexity index is 504. The van der Waals surface area contributed by atoms with Gasteiger partial charge in [-0.15, -0.1) is 0 Å². The fraction of sp³-hybridized carbons (Fsp3) is 0.273. The first kappa shape index (κ1) is 8.61. The Morgan fingerprint density at radius 2 is 2.27 bits per heavy atom. The molecule has 0 unspecified atom stereocenters. The normalized spacial score (nSPS) is 13.7. The van der Waals surface area contributed by atoms with E-state index < -0.39 is 0 Å². The molecule has 3 rings (SSSR count). The molecule has 4 nitrogen and oxygen atoms in total. The molecule has 0 spiro atoms. The van der Waals surface area contributed by atoms with Gasteiger partial charge in [-0.3, -0.25) is 0 Å². The lowest BCUT2D eigenvalue weighted by Gasteiger charge is -2.03. The molecular weight excluding hydrogens is 194 g/mol. The van der Waals surface area contributed by atoms with Crippen molar-refractivity contribution in [3.8, 4) is 11.5 Å². The molecule has 2 heterocycles. The van der Waals surface area contributed by atoms with E-state index in [-0.39, 0.29) is 6.79 Å². The van der Waals surface area contributed by atoms with Gasteiger partial charge in [0, 0.05) is 5.56 Å². The standard InChI is InChI=1S/C11H11NO3/c12-3-1-7-5-9-11(15-6-14-9)8-2-4-13-10(7)8/h2,4-5H,1,3,6,12H2. The average Bonchev–Trinajstić information content (AvgIpc) is 2.84. The first-order valence-electron chi connectivity index (χ1n) is 4.89. The van der Waals surface area contributed by atoms with Crippen molar-refractivity contribution in [1.82, 2.24) is 0 Å². The molecular formula is C11H11NO3. The number of fused-ring (bicyclic) bond motifs is 3. The Morgan fingerprint density at radius 3 is 3.13 bits per heavy atom. The zero-order valence-corrected chi connectivity index (χ0v) is 8.16. The van der Waals surface area contributed by atoms with E-state index in [2.05, 4.69) is 0 Å². The van der Waals surface area contributed by atoms with Crippen LogP contribution in [0.25, 0.3) is 11.0 Å². The van der Waals surface area contributed by atoms with Crippen LogP contribution in [0.2, 0.25) is 0 Å². The highest BCUT2D eigenvalue weighted by molar-refractivity contribution is 5.90. The molecule has 0 aliphatic carbocycles. The van der Waals surface area contributed by atoms with Crippen molar-refractivity contribution in [2.45, 2.75) is 6.42 Å². The Morgan fingerprint density at radius 1 is 1.33 bits per heavy atom. The van der Waals surface area contributed by atoms with Gasteiger partial charge in [0.25, 0.3) is 0 Å². The summed E-state index contributed by atoms with van der Waals surface area (Å²) in [6.45, 7) is 0.872. The van der Waals surface area contributed by atoms with Gasteiger partial charge < -0.3 is 19.6 Å². The summed E-state index contributed by atoms with van der Waals surface area (Å²) in [6.07, 6.45) is 2.44. The molecule has 78 valence electrons. The Balaban J connectivity index is 2.28. The molecule has 15 heavy (non-hydrogen) atoms. The summed E-state index contributed by atoms with van der Waals surface area (Å²) >= 11 is 0. The van der Waals surface area contributed by atoms with E-state index in [9.17, 15) is 0 Å².